The van der Waals surface area contributed by atoms with Crippen LogP contribution in [-0.4, -0.2) is 90.6 Å². The largest absolute Gasteiger partial charge is 0.370 e. The Bertz CT molecular complexity index is 1080. The second kappa shape index (κ2) is 16.8. The molecule has 0 spiro atoms. The van der Waals surface area contributed by atoms with Crippen molar-refractivity contribution in [3.05, 3.63) is 16.6 Å². The number of nitrogens with one attached hydrogen (secondary N) is 5. The van der Waals surface area contributed by atoms with E-state index in [2.05, 4.69) is 36.6 Å². The number of Topliss-reactive ketones (excluding diaryl/α,β-unsaturated/α-hetero) is 1. The fourth-order valence-corrected chi connectivity index (χ4v) is 4.29. The molecule has 0 aliphatic carbocycles. The molecule has 11 N–H and O–H groups in total. The topological polar surface area (TPSA) is 266 Å². The van der Waals surface area contributed by atoms with Crippen LogP contribution in [-0.2, 0) is 24.0 Å². The number of guanidine groups is 1. The molecule has 0 saturated carbocycles. The van der Waals surface area contributed by atoms with Gasteiger partial charge in [0.05, 0.1) is 31.6 Å². The van der Waals surface area contributed by atoms with Gasteiger partial charge in [0.15, 0.2) is 11.0 Å². The SMILES string of the molecule is NC(N)=NCCCC(NC(=O)CNC(=O)C1CC(=O)NCCCCC(N)C(=O)NCC(=O)N1)C(=O)c1nccs1. The lowest BCUT2D eigenvalue weighted by Crippen LogP contribution is -2.54. The smallest absolute Gasteiger partial charge is 0.243 e. The van der Waals surface area contributed by atoms with Gasteiger partial charge in [-0.1, -0.05) is 0 Å². The highest BCUT2D eigenvalue weighted by Crippen LogP contribution is 2.11. The van der Waals surface area contributed by atoms with E-state index in [-0.39, 0.29) is 30.4 Å². The van der Waals surface area contributed by atoms with Crippen LogP contribution in [0, 0.1) is 0 Å². The van der Waals surface area contributed by atoms with E-state index in [4.69, 9.17) is 17.2 Å². The molecule has 5 amide bonds. The highest BCUT2D eigenvalue weighted by molar-refractivity contribution is 7.11. The number of carbonyl (C=O) groups excluding carboxylic acids is 6. The number of aliphatic imine (C=N–C) groups is 1. The normalized spacial score (nSPS) is 19.6. The Hall–Kier alpha value is -4.12. The zero-order valence-electron chi connectivity index (χ0n) is 21.9. The van der Waals surface area contributed by atoms with Crippen molar-refractivity contribution in [2.45, 2.75) is 56.7 Å². The summed E-state index contributed by atoms with van der Waals surface area (Å²) in [6.07, 6.45) is 3.22. The van der Waals surface area contributed by atoms with Crippen LogP contribution in [0.4, 0.5) is 0 Å². The predicted molar refractivity (Wildman–Crippen MR) is 146 cm³/mol. The molecule has 16 nitrogen and oxygen atoms in total. The Morgan fingerprint density at radius 2 is 1.93 bits per heavy atom. The lowest BCUT2D eigenvalue weighted by atomic mass is 10.1. The molecule has 40 heavy (non-hydrogen) atoms. The van der Waals surface area contributed by atoms with E-state index in [9.17, 15) is 28.8 Å². The fraction of sp³-hybridized carbons (Fsp3) is 0.565. The van der Waals surface area contributed by atoms with Gasteiger partial charge in [-0.05, 0) is 32.1 Å². The van der Waals surface area contributed by atoms with Crippen molar-refractivity contribution < 1.29 is 28.8 Å². The summed E-state index contributed by atoms with van der Waals surface area (Å²) >= 11 is 1.12. The minimum absolute atomic E-state index is 0.0981. The van der Waals surface area contributed by atoms with Crippen LogP contribution in [0.15, 0.2) is 16.6 Å². The van der Waals surface area contributed by atoms with Gasteiger partial charge >= 0.3 is 0 Å². The van der Waals surface area contributed by atoms with Crippen LogP contribution in [0.25, 0.3) is 0 Å². The number of hydrogen-bond donors (Lipinski definition) is 8. The van der Waals surface area contributed by atoms with Gasteiger partial charge in [-0.2, -0.15) is 0 Å². The van der Waals surface area contributed by atoms with Crippen molar-refractivity contribution in [1.82, 2.24) is 31.6 Å². The molecule has 2 rings (SSSR count). The number of thiazole rings is 1. The maximum absolute atomic E-state index is 12.8. The first-order chi connectivity index (χ1) is 19.1. The molecule has 3 unspecified atom stereocenters. The van der Waals surface area contributed by atoms with Gasteiger partial charge in [0.2, 0.25) is 35.3 Å². The molecular weight excluding hydrogens is 544 g/mol. The first kappa shape index (κ1) is 32.1. The average molecular weight is 581 g/mol. The van der Waals surface area contributed by atoms with Gasteiger partial charge in [0, 0.05) is 24.7 Å². The Morgan fingerprint density at radius 1 is 1.15 bits per heavy atom. The van der Waals surface area contributed by atoms with Gasteiger partial charge in [0.1, 0.15) is 6.04 Å². The Balaban J connectivity index is 1.99. The average Bonchev–Trinajstić information content (AvgIpc) is 3.45. The molecule has 3 atom stereocenters. The van der Waals surface area contributed by atoms with Crippen molar-refractivity contribution in [2.75, 3.05) is 26.2 Å². The molecule has 1 fully saturated rings. The Morgan fingerprint density at radius 3 is 2.62 bits per heavy atom. The molecule has 2 heterocycles. The van der Waals surface area contributed by atoms with Crippen molar-refractivity contribution in [2.24, 2.45) is 22.2 Å². The number of rotatable bonds is 10. The van der Waals surface area contributed by atoms with Crippen LogP contribution in [0.2, 0.25) is 0 Å². The molecule has 0 radical (unpaired) electrons. The molecular formula is C23H36N10O6S. The summed E-state index contributed by atoms with van der Waals surface area (Å²) < 4.78 is 0. The van der Waals surface area contributed by atoms with E-state index in [0.717, 1.165) is 11.3 Å². The van der Waals surface area contributed by atoms with E-state index in [0.29, 0.717) is 32.2 Å². The van der Waals surface area contributed by atoms with Crippen LogP contribution in [0.3, 0.4) is 0 Å². The third kappa shape index (κ3) is 11.7. The predicted octanol–water partition coefficient (Wildman–Crippen LogP) is -3.40. The van der Waals surface area contributed by atoms with Gasteiger partial charge < -0.3 is 43.8 Å². The summed E-state index contributed by atoms with van der Waals surface area (Å²) in [7, 11) is 0. The summed E-state index contributed by atoms with van der Waals surface area (Å²) in [4.78, 5) is 82.9. The highest BCUT2D eigenvalue weighted by atomic mass is 32.1. The van der Waals surface area contributed by atoms with Crippen molar-refractivity contribution >= 4 is 52.6 Å². The third-order valence-electron chi connectivity index (χ3n) is 5.73. The number of hydrogen-bond acceptors (Lipinski definition) is 10. The van der Waals surface area contributed by atoms with E-state index in [1.807, 2.05) is 0 Å². The zero-order chi connectivity index (χ0) is 29.5. The standard InChI is InChI=1S/C23H36N10O6S/c24-13-4-1-2-6-27-16(34)10-15(33-18(36)11-30-20(13)38)21(39)31-12-17(35)32-14(5-3-7-29-23(25)26)19(37)22-28-8-9-40-22/h8-9,13-15H,1-7,10-12,24H2,(H,27,34)(H,30,38)(H,31,39)(H,32,35)(H,33,36)(H4,25,26,29). The van der Waals surface area contributed by atoms with Crippen LogP contribution < -0.4 is 43.8 Å². The molecule has 1 aliphatic heterocycles. The Labute approximate surface area is 234 Å². The molecule has 1 aromatic heterocycles. The minimum Gasteiger partial charge on any atom is -0.370 e. The number of nitrogens with two attached hydrogens (primary N) is 3. The lowest BCUT2D eigenvalue weighted by Gasteiger charge is -2.20. The van der Waals surface area contributed by atoms with Gasteiger partial charge in [-0.15, -0.1) is 11.3 Å². The van der Waals surface area contributed by atoms with Crippen molar-refractivity contribution in [1.29, 1.82) is 0 Å². The molecule has 1 aliphatic rings. The monoisotopic (exact) mass is 580 g/mol. The maximum Gasteiger partial charge on any atom is 0.243 e. The third-order valence-corrected chi connectivity index (χ3v) is 6.52. The quantitative estimate of drug-likeness (QED) is 0.0588. The molecule has 0 aromatic carbocycles. The molecule has 17 heteroatoms. The van der Waals surface area contributed by atoms with E-state index in [1.165, 1.54) is 6.20 Å². The second-order valence-electron chi connectivity index (χ2n) is 8.98. The summed E-state index contributed by atoms with van der Waals surface area (Å²) in [5.74, 6) is -3.69. The summed E-state index contributed by atoms with van der Waals surface area (Å²) in [5.41, 5.74) is 16.4. The van der Waals surface area contributed by atoms with E-state index < -0.39 is 66.5 Å². The highest BCUT2D eigenvalue weighted by Gasteiger charge is 2.27. The summed E-state index contributed by atoms with van der Waals surface area (Å²) in [6, 6.07) is -3.07. The molecule has 1 aromatic rings. The first-order valence-corrected chi connectivity index (χ1v) is 13.6. The number of nitrogens with zero attached hydrogens (tertiary/aromatic N) is 2. The summed E-state index contributed by atoms with van der Waals surface area (Å²) in [5, 5.41) is 14.2. The zero-order valence-corrected chi connectivity index (χ0v) is 22.8. The van der Waals surface area contributed by atoms with Gasteiger partial charge in [0.25, 0.3) is 0 Å². The van der Waals surface area contributed by atoms with Crippen LogP contribution in [0.5, 0.6) is 0 Å². The molecule has 1 saturated heterocycles. The van der Waals surface area contributed by atoms with E-state index >= 15 is 0 Å². The Kier molecular flexibility index (Phi) is 13.4. The second-order valence-corrected chi connectivity index (χ2v) is 9.88. The van der Waals surface area contributed by atoms with Crippen molar-refractivity contribution in [3.63, 3.8) is 0 Å². The summed E-state index contributed by atoms with van der Waals surface area (Å²) in [6.45, 7) is -0.436. The molecule has 0 bridgehead atoms. The minimum atomic E-state index is -1.32. The maximum atomic E-state index is 12.8. The lowest BCUT2D eigenvalue weighted by molar-refractivity contribution is -0.133. The number of ketones is 1. The van der Waals surface area contributed by atoms with Crippen LogP contribution in [0.1, 0.15) is 48.3 Å². The first-order valence-electron chi connectivity index (χ1n) is 12.7. The van der Waals surface area contributed by atoms with Gasteiger partial charge in [-0.3, -0.25) is 33.8 Å². The van der Waals surface area contributed by atoms with Crippen LogP contribution >= 0.6 is 11.3 Å². The molecule has 220 valence electrons. The van der Waals surface area contributed by atoms with Gasteiger partial charge in [-0.25, -0.2) is 4.98 Å². The fourth-order valence-electron chi connectivity index (χ4n) is 3.66. The number of carbonyl (C=O) groups is 6. The van der Waals surface area contributed by atoms with E-state index in [1.54, 1.807) is 5.38 Å². The number of amides is 5. The van der Waals surface area contributed by atoms with Crippen molar-refractivity contribution in [3.8, 4) is 0 Å². The number of aromatic nitrogens is 1.